The molecule has 0 bridgehead atoms. The highest BCUT2D eigenvalue weighted by molar-refractivity contribution is 5.55. The van der Waals surface area contributed by atoms with Crippen molar-refractivity contribution in [2.45, 2.75) is 18.9 Å². The van der Waals surface area contributed by atoms with Gasteiger partial charge in [0.15, 0.2) is 0 Å². The van der Waals surface area contributed by atoms with E-state index in [9.17, 15) is 10.1 Å². The number of aryl methyl sites for hydroxylation is 1. The van der Waals surface area contributed by atoms with Crippen LogP contribution in [0, 0.1) is 10.1 Å². The molecule has 1 N–H and O–H groups in total. The van der Waals surface area contributed by atoms with E-state index in [0.29, 0.717) is 19.0 Å². The van der Waals surface area contributed by atoms with Gasteiger partial charge in [-0.1, -0.05) is 0 Å². The maximum atomic E-state index is 10.8. The highest BCUT2D eigenvalue weighted by Crippen LogP contribution is 2.24. The Balaban J connectivity index is 2.10. The van der Waals surface area contributed by atoms with Crippen molar-refractivity contribution in [3.05, 3.63) is 16.3 Å². The minimum absolute atomic E-state index is 0.0222. The smallest absolute Gasteiger partial charge is 0.330 e. The number of ether oxygens (including phenoxy) is 1. The highest BCUT2D eigenvalue weighted by Gasteiger charge is 2.22. The van der Waals surface area contributed by atoms with E-state index in [2.05, 4.69) is 10.4 Å². The lowest BCUT2D eigenvalue weighted by Crippen LogP contribution is -2.28. The number of hydrogen-bond donors (Lipinski definition) is 1. The zero-order chi connectivity index (χ0) is 11.5. The molecule has 0 amide bonds. The average molecular weight is 226 g/mol. The average Bonchev–Trinajstić information content (AvgIpc) is 2.61. The van der Waals surface area contributed by atoms with Gasteiger partial charge in [-0.05, 0) is 12.8 Å². The van der Waals surface area contributed by atoms with E-state index in [1.54, 1.807) is 7.05 Å². The van der Waals surface area contributed by atoms with Gasteiger partial charge in [-0.25, -0.2) is 0 Å². The van der Waals surface area contributed by atoms with Gasteiger partial charge in [0, 0.05) is 26.3 Å². The fourth-order valence-electron chi connectivity index (χ4n) is 1.75. The Bertz CT molecular complexity index is 384. The van der Waals surface area contributed by atoms with E-state index in [1.165, 1.54) is 10.9 Å². The van der Waals surface area contributed by atoms with Crippen LogP contribution in [0.5, 0.6) is 0 Å². The van der Waals surface area contributed by atoms with Gasteiger partial charge in [-0.3, -0.25) is 14.8 Å². The Hall–Kier alpha value is -1.63. The van der Waals surface area contributed by atoms with Crippen molar-refractivity contribution in [1.29, 1.82) is 0 Å². The summed E-state index contributed by atoms with van der Waals surface area (Å²) in [5.41, 5.74) is 0.0222. The van der Waals surface area contributed by atoms with Gasteiger partial charge in [-0.2, -0.15) is 0 Å². The molecule has 1 aromatic rings. The van der Waals surface area contributed by atoms with Crippen molar-refractivity contribution < 1.29 is 9.66 Å². The Morgan fingerprint density at radius 3 is 2.94 bits per heavy atom. The number of nitro groups is 1. The van der Waals surface area contributed by atoms with Crippen molar-refractivity contribution in [3.8, 4) is 0 Å². The molecule has 1 saturated heterocycles. The molecule has 88 valence electrons. The second kappa shape index (κ2) is 4.48. The molecule has 1 fully saturated rings. The minimum Gasteiger partial charge on any atom is -0.381 e. The molecule has 7 heteroatoms. The van der Waals surface area contributed by atoms with Gasteiger partial charge in [0.05, 0.1) is 4.92 Å². The van der Waals surface area contributed by atoms with Crippen molar-refractivity contribution in [3.63, 3.8) is 0 Å². The van der Waals surface area contributed by atoms with Crippen LogP contribution in [0.3, 0.4) is 0 Å². The monoisotopic (exact) mass is 226 g/mol. The van der Waals surface area contributed by atoms with Crippen LogP contribution in [0.2, 0.25) is 0 Å². The molecular formula is C9H14N4O3. The van der Waals surface area contributed by atoms with Gasteiger partial charge in [-0.15, -0.1) is 5.10 Å². The van der Waals surface area contributed by atoms with Gasteiger partial charge in [0.1, 0.15) is 6.20 Å². The first-order valence-corrected chi connectivity index (χ1v) is 5.19. The molecule has 0 aliphatic carbocycles. The fourth-order valence-corrected chi connectivity index (χ4v) is 1.75. The van der Waals surface area contributed by atoms with Crippen molar-refractivity contribution in [1.82, 2.24) is 9.78 Å². The lowest BCUT2D eigenvalue weighted by atomic mass is 10.1. The summed E-state index contributed by atoms with van der Waals surface area (Å²) in [6.07, 6.45) is 3.11. The summed E-state index contributed by atoms with van der Waals surface area (Å²) in [7, 11) is 1.67. The minimum atomic E-state index is -0.422. The maximum absolute atomic E-state index is 10.8. The quantitative estimate of drug-likeness (QED) is 0.612. The third-order valence-electron chi connectivity index (χ3n) is 2.57. The highest BCUT2D eigenvalue weighted by atomic mass is 16.6. The Morgan fingerprint density at radius 1 is 1.62 bits per heavy atom. The molecule has 16 heavy (non-hydrogen) atoms. The fraction of sp³-hybridized carbons (Fsp3) is 0.667. The molecule has 0 saturated carbocycles. The predicted octanol–water partition coefficient (Wildman–Crippen LogP) is 0.919. The molecule has 0 unspecified atom stereocenters. The summed E-state index contributed by atoms with van der Waals surface area (Å²) in [5.74, 6) is 0.347. The van der Waals surface area contributed by atoms with Crippen LogP contribution in [0.4, 0.5) is 11.5 Å². The van der Waals surface area contributed by atoms with Crippen molar-refractivity contribution >= 4 is 11.5 Å². The molecule has 0 spiro atoms. The van der Waals surface area contributed by atoms with E-state index in [-0.39, 0.29) is 11.7 Å². The van der Waals surface area contributed by atoms with Crippen LogP contribution in [-0.2, 0) is 11.8 Å². The normalized spacial score (nSPS) is 17.3. The van der Waals surface area contributed by atoms with Gasteiger partial charge in [0.25, 0.3) is 0 Å². The summed E-state index contributed by atoms with van der Waals surface area (Å²) in [4.78, 5) is 10.3. The largest absolute Gasteiger partial charge is 0.381 e. The number of nitrogens with one attached hydrogen (secondary N) is 1. The second-order valence-electron chi connectivity index (χ2n) is 3.82. The van der Waals surface area contributed by atoms with Crippen LogP contribution in [0.15, 0.2) is 6.20 Å². The summed E-state index contributed by atoms with van der Waals surface area (Å²) < 4.78 is 6.67. The summed E-state index contributed by atoms with van der Waals surface area (Å²) in [5, 5.41) is 17.9. The summed E-state index contributed by atoms with van der Waals surface area (Å²) in [6, 6.07) is 0.211. The first kappa shape index (κ1) is 10.9. The van der Waals surface area contributed by atoms with Crippen LogP contribution < -0.4 is 5.32 Å². The summed E-state index contributed by atoms with van der Waals surface area (Å²) >= 11 is 0. The topological polar surface area (TPSA) is 82.2 Å². The van der Waals surface area contributed by atoms with E-state index < -0.39 is 4.92 Å². The third-order valence-corrected chi connectivity index (χ3v) is 2.57. The zero-order valence-corrected chi connectivity index (χ0v) is 9.05. The number of rotatable bonds is 3. The molecule has 7 nitrogen and oxygen atoms in total. The van der Waals surface area contributed by atoms with Crippen LogP contribution >= 0.6 is 0 Å². The Kier molecular flexibility index (Phi) is 3.04. The SMILES string of the molecule is Cn1cc([N+](=O)[O-])c(NC2CCOCC2)n1. The first-order chi connectivity index (χ1) is 7.66. The first-order valence-electron chi connectivity index (χ1n) is 5.19. The van der Waals surface area contributed by atoms with Crippen molar-refractivity contribution in [2.75, 3.05) is 18.5 Å². The summed E-state index contributed by atoms with van der Waals surface area (Å²) in [6.45, 7) is 1.39. The maximum Gasteiger partial charge on any atom is 0.330 e. The van der Waals surface area contributed by atoms with Crippen molar-refractivity contribution in [2.24, 2.45) is 7.05 Å². The molecule has 0 radical (unpaired) electrons. The number of anilines is 1. The molecule has 1 aromatic heterocycles. The van der Waals surface area contributed by atoms with E-state index in [1.807, 2.05) is 0 Å². The van der Waals surface area contributed by atoms with Crippen LogP contribution in [-0.4, -0.2) is 34.0 Å². The molecule has 2 heterocycles. The van der Waals surface area contributed by atoms with Crippen LogP contribution in [0.25, 0.3) is 0 Å². The number of nitrogens with zero attached hydrogens (tertiary/aromatic N) is 3. The lowest BCUT2D eigenvalue weighted by Gasteiger charge is -2.22. The van der Waals surface area contributed by atoms with E-state index >= 15 is 0 Å². The standard InChI is InChI=1S/C9H14N4O3/c1-12-6-8(13(14)15)9(11-12)10-7-2-4-16-5-3-7/h6-7H,2-5H2,1H3,(H,10,11). The molecule has 2 rings (SSSR count). The Labute approximate surface area is 92.5 Å². The van der Waals surface area contributed by atoms with E-state index in [4.69, 9.17) is 4.74 Å². The van der Waals surface area contributed by atoms with Crippen LogP contribution in [0.1, 0.15) is 12.8 Å². The molecule has 1 aliphatic rings. The molecule has 1 aliphatic heterocycles. The number of aromatic nitrogens is 2. The lowest BCUT2D eigenvalue weighted by molar-refractivity contribution is -0.384. The van der Waals surface area contributed by atoms with Gasteiger partial charge >= 0.3 is 5.69 Å². The molecular weight excluding hydrogens is 212 g/mol. The number of hydrogen-bond acceptors (Lipinski definition) is 5. The predicted molar refractivity (Wildman–Crippen MR) is 57.3 cm³/mol. The van der Waals surface area contributed by atoms with E-state index in [0.717, 1.165) is 12.8 Å². The van der Waals surface area contributed by atoms with Gasteiger partial charge < -0.3 is 10.1 Å². The Morgan fingerprint density at radius 2 is 2.31 bits per heavy atom. The third kappa shape index (κ3) is 2.30. The zero-order valence-electron chi connectivity index (χ0n) is 9.05. The molecule has 0 aromatic carbocycles. The van der Waals surface area contributed by atoms with Gasteiger partial charge in [0.2, 0.25) is 5.82 Å². The second-order valence-corrected chi connectivity index (χ2v) is 3.82. The molecule has 0 atom stereocenters.